The first-order valence-electron chi connectivity index (χ1n) is 7.14. The third-order valence-corrected chi connectivity index (χ3v) is 4.17. The van der Waals surface area contributed by atoms with Crippen molar-refractivity contribution in [1.29, 1.82) is 0 Å². The maximum Gasteiger partial charge on any atom is 0.146 e. The van der Waals surface area contributed by atoms with Crippen LogP contribution in [0.15, 0.2) is 18.2 Å². The number of hydrogen-bond donors (Lipinski definition) is 1. The molecule has 2 heterocycles. The predicted molar refractivity (Wildman–Crippen MR) is 82.4 cm³/mol. The zero-order valence-corrected chi connectivity index (χ0v) is 13.1. The molecule has 21 heavy (non-hydrogen) atoms. The van der Waals surface area contributed by atoms with Gasteiger partial charge in [0.25, 0.3) is 0 Å². The van der Waals surface area contributed by atoms with E-state index in [1.54, 1.807) is 0 Å². The maximum absolute atomic E-state index is 6.01. The summed E-state index contributed by atoms with van der Waals surface area (Å²) >= 11 is 6.01. The summed E-state index contributed by atoms with van der Waals surface area (Å²) in [5.41, 5.74) is 1.92. The van der Waals surface area contributed by atoms with Crippen LogP contribution in [0.2, 0.25) is 5.02 Å². The van der Waals surface area contributed by atoms with Crippen molar-refractivity contribution in [3.05, 3.63) is 29.0 Å². The van der Waals surface area contributed by atoms with Crippen LogP contribution >= 0.6 is 11.6 Å². The van der Waals surface area contributed by atoms with Crippen LogP contribution in [0.3, 0.4) is 0 Å². The summed E-state index contributed by atoms with van der Waals surface area (Å²) in [4.78, 5) is 10.3. The Balaban J connectivity index is 1.71. The summed E-state index contributed by atoms with van der Waals surface area (Å²) in [5.74, 6) is 1.36. The Morgan fingerprint density at radius 3 is 2.95 bits per heavy atom. The molecule has 114 valence electrons. The van der Waals surface area contributed by atoms with E-state index in [0.29, 0.717) is 12.7 Å². The lowest BCUT2D eigenvalue weighted by Gasteiger charge is -2.29. The molecule has 1 unspecified atom stereocenters. The fourth-order valence-corrected chi connectivity index (χ4v) is 2.79. The topological polar surface area (TPSA) is 50.4 Å². The molecule has 1 aliphatic rings. The quantitative estimate of drug-likeness (QED) is 0.943. The Hall–Kier alpha value is -1.14. The lowest BCUT2D eigenvalue weighted by molar-refractivity contribution is -0.130. The largest absolute Gasteiger partial charge is 0.355 e. The van der Waals surface area contributed by atoms with Crippen LogP contribution in [-0.4, -0.2) is 48.5 Å². The van der Waals surface area contributed by atoms with Gasteiger partial charge in [0, 0.05) is 17.5 Å². The number of halogens is 1. The first-order chi connectivity index (χ1) is 10.1. The lowest BCUT2D eigenvalue weighted by atomic mass is 10.1. The smallest absolute Gasteiger partial charge is 0.146 e. The third kappa shape index (κ3) is 3.37. The minimum absolute atomic E-state index is 0.193. The van der Waals surface area contributed by atoms with E-state index >= 15 is 0 Å². The van der Waals surface area contributed by atoms with E-state index in [0.717, 1.165) is 41.6 Å². The first-order valence-corrected chi connectivity index (χ1v) is 7.52. The molecule has 2 aromatic rings. The molecule has 0 radical (unpaired) electrons. The van der Waals surface area contributed by atoms with Crippen molar-refractivity contribution in [3.8, 4) is 0 Å². The normalized spacial score (nSPS) is 18.5. The Morgan fingerprint density at radius 1 is 1.43 bits per heavy atom. The van der Waals surface area contributed by atoms with Crippen LogP contribution in [0.5, 0.6) is 0 Å². The number of hydrogen-bond acceptors (Lipinski definition) is 4. The highest BCUT2D eigenvalue weighted by atomic mass is 35.5. The number of fused-ring (bicyclic) bond motifs is 1. The molecule has 0 bridgehead atoms. The number of ether oxygens (including phenoxy) is 2. The van der Waals surface area contributed by atoms with Gasteiger partial charge in [0.15, 0.2) is 0 Å². The molecule has 1 atom stereocenters. The number of nitrogens with one attached hydrogen (secondary N) is 1. The van der Waals surface area contributed by atoms with E-state index in [1.165, 1.54) is 0 Å². The van der Waals surface area contributed by atoms with Crippen LogP contribution in [-0.2, 0) is 9.47 Å². The molecule has 1 aromatic heterocycles. The molecule has 0 spiro atoms. The second-order valence-electron chi connectivity index (χ2n) is 5.62. The summed E-state index contributed by atoms with van der Waals surface area (Å²) in [6.07, 6.45) is 0. The number of imidazole rings is 1. The summed E-state index contributed by atoms with van der Waals surface area (Å²) in [6.45, 7) is 4.99. The fraction of sp³-hybridized carbons (Fsp3) is 0.533. The Kier molecular flexibility index (Phi) is 4.45. The number of H-pyrrole nitrogens is 1. The molecule has 0 aliphatic carbocycles. The van der Waals surface area contributed by atoms with Crippen molar-refractivity contribution in [1.82, 2.24) is 14.9 Å². The summed E-state index contributed by atoms with van der Waals surface area (Å²) in [7, 11) is 2.10. The van der Waals surface area contributed by atoms with Gasteiger partial charge >= 0.3 is 0 Å². The molecule has 6 heteroatoms. The van der Waals surface area contributed by atoms with E-state index in [4.69, 9.17) is 21.1 Å². The van der Waals surface area contributed by atoms with E-state index in [2.05, 4.69) is 28.8 Å². The van der Waals surface area contributed by atoms with Crippen molar-refractivity contribution in [2.75, 3.05) is 33.6 Å². The number of aromatic nitrogens is 2. The lowest BCUT2D eigenvalue weighted by Crippen LogP contribution is -2.36. The van der Waals surface area contributed by atoms with Gasteiger partial charge in [-0.15, -0.1) is 0 Å². The van der Waals surface area contributed by atoms with Gasteiger partial charge in [-0.2, -0.15) is 0 Å². The molecule has 1 N–H and O–H groups in total. The van der Waals surface area contributed by atoms with Gasteiger partial charge in [0.05, 0.1) is 30.3 Å². The highest BCUT2D eigenvalue weighted by molar-refractivity contribution is 6.31. The number of aromatic amines is 1. The van der Waals surface area contributed by atoms with Crippen molar-refractivity contribution in [2.45, 2.75) is 13.0 Å². The molecule has 1 fully saturated rings. The van der Waals surface area contributed by atoms with Crippen LogP contribution in [0.25, 0.3) is 11.0 Å². The van der Waals surface area contributed by atoms with E-state index in [-0.39, 0.29) is 6.04 Å². The SMILES string of the molecule is CC(c1nc2ccc(Cl)cc2[nH]1)N(C)CC1COCOC1. The van der Waals surface area contributed by atoms with Gasteiger partial charge in [0.1, 0.15) is 12.6 Å². The predicted octanol–water partition coefficient (Wildman–Crippen LogP) is 2.83. The van der Waals surface area contributed by atoms with E-state index in [9.17, 15) is 0 Å². The molecular formula is C15H20ClN3O2. The third-order valence-electron chi connectivity index (χ3n) is 3.94. The van der Waals surface area contributed by atoms with E-state index in [1.807, 2.05) is 18.2 Å². The highest BCUT2D eigenvalue weighted by Gasteiger charge is 2.21. The second-order valence-corrected chi connectivity index (χ2v) is 6.06. The molecule has 1 aliphatic heterocycles. The van der Waals surface area contributed by atoms with Gasteiger partial charge in [-0.05, 0) is 32.2 Å². The minimum atomic E-state index is 0.193. The van der Waals surface area contributed by atoms with Crippen molar-refractivity contribution in [3.63, 3.8) is 0 Å². The maximum atomic E-state index is 6.01. The minimum Gasteiger partial charge on any atom is -0.355 e. The average molecular weight is 310 g/mol. The number of rotatable bonds is 4. The zero-order chi connectivity index (χ0) is 14.8. The Bertz CT molecular complexity index is 610. The molecule has 0 saturated carbocycles. The highest BCUT2D eigenvalue weighted by Crippen LogP contribution is 2.23. The molecule has 1 saturated heterocycles. The van der Waals surface area contributed by atoms with E-state index < -0.39 is 0 Å². The molecule has 5 nitrogen and oxygen atoms in total. The van der Waals surface area contributed by atoms with Gasteiger partial charge in [-0.1, -0.05) is 11.6 Å². The molecule has 0 amide bonds. The standard InChI is InChI=1S/C15H20ClN3O2/c1-10(19(2)6-11-7-20-9-21-8-11)15-17-13-4-3-12(16)5-14(13)18-15/h3-5,10-11H,6-9H2,1-2H3,(H,17,18). The van der Waals surface area contributed by atoms with Crippen LogP contribution < -0.4 is 0 Å². The zero-order valence-electron chi connectivity index (χ0n) is 12.3. The van der Waals surface area contributed by atoms with Crippen LogP contribution in [0, 0.1) is 5.92 Å². The van der Waals surface area contributed by atoms with Crippen molar-refractivity contribution < 1.29 is 9.47 Å². The van der Waals surface area contributed by atoms with Gasteiger partial charge in [0.2, 0.25) is 0 Å². The van der Waals surface area contributed by atoms with Crippen LogP contribution in [0.4, 0.5) is 0 Å². The summed E-state index contributed by atoms with van der Waals surface area (Å²) in [6, 6.07) is 5.90. The van der Waals surface area contributed by atoms with Gasteiger partial charge < -0.3 is 14.5 Å². The fourth-order valence-electron chi connectivity index (χ4n) is 2.62. The van der Waals surface area contributed by atoms with Crippen molar-refractivity contribution in [2.24, 2.45) is 5.92 Å². The number of benzene rings is 1. The van der Waals surface area contributed by atoms with Gasteiger partial charge in [-0.25, -0.2) is 4.98 Å². The molecule has 1 aromatic carbocycles. The first kappa shape index (κ1) is 14.8. The van der Waals surface area contributed by atoms with Gasteiger partial charge in [-0.3, -0.25) is 4.90 Å². The second kappa shape index (κ2) is 6.32. The molecule has 3 rings (SSSR count). The van der Waals surface area contributed by atoms with Crippen molar-refractivity contribution >= 4 is 22.6 Å². The Labute approximate surface area is 129 Å². The number of nitrogens with zero attached hydrogens (tertiary/aromatic N) is 2. The average Bonchev–Trinajstić information content (AvgIpc) is 2.90. The summed E-state index contributed by atoms with van der Waals surface area (Å²) < 4.78 is 10.7. The molecular weight excluding hydrogens is 290 g/mol. The Morgan fingerprint density at radius 2 is 2.19 bits per heavy atom. The monoisotopic (exact) mass is 309 g/mol. The summed E-state index contributed by atoms with van der Waals surface area (Å²) in [5, 5.41) is 0.718. The van der Waals surface area contributed by atoms with Crippen LogP contribution in [0.1, 0.15) is 18.8 Å².